The molecule has 0 radical (unpaired) electrons. The Morgan fingerprint density at radius 2 is 0.953 bits per heavy atom. The van der Waals surface area contributed by atoms with Crippen LogP contribution in [-0.2, 0) is 66.5 Å². The second-order valence-corrected chi connectivity index (χ2v) is 19.1. The van der Waals surface area contributed by atoms with E-state index in [0.29, 0.717) is 13.2 Å². The number of aliphatic hydroxyl groups excluding tert-OH is 2. The number of epoxide rings is 1. The summed E-state index contributed by atoms with van der Waals surface area (Å²) in [4.78, 5) is 32.5. The second-order valence-electron chi connectivity index (χ2n) is 19.1. The zero-order chi connectivity index (χ0) is 45.2. The lowest BCUT2D eigenvalue weighted by molar-refractivity contribution is -0.233. The number of fused-ring (bicyclic) bond motifs is 1. The zero-order valence-corrected chi connectivity index (χ0v) is 37.8. The van der Waals surface area contributed by atoms with E-state index in [1.165, 1.54) is 25.7 Å². The maximum absolute atomic E-state index is 11.3. The van der Waals surface area contributed by atoms with E-state index in [1.807, 2.05) is 12.2 Å². The van der Waals surface area contributed by atoms with Crippen molar-refractivity contribution < 1.29 is 76.8 Å². The third-order valence-corrected chi connectivity index (χ3v) is 14.7. The third kappa shape index (κ3) is 11.5. The van der Waals surface area contributed by atoms with E-state index >= 15 is 0 Å². The molecule has 360 valence electrons. The summed E-state index contributed by atoms with van der Waals surface area (Å²) in [6, 6.07) is 0. The molecule has 0 aromatic rings. The first-order valence-corrected chi connectivity index (χ1v) is 24.4. The Morgan fingerprint density at radius 1 is 0.516 bits per heavy atom. The molecule has 16 heteroatoms. The first-order chi connectivity index (χ1) is 31.1. The molecule has 4 aliphatic carbocycles. The van der Waals surface area contributed by atoms with Crippen molar-refractivity contribution in [3.05, 3.63) is 24.3 Å². The normalized spacial score (nSPS) is 39.2. The van der Waals surface area contributed by atoms with Crippen LogP contribution in [0.4, 0.5) is 0 Å². The molecule has 0 bridgehead atoms. The molecule has 2 N–H and O–H groups in total. The Hall–Kier alpha value is -2.24. The number of carbonyl (C=O) groups excluding carboxylic acids is 4. The highest BCUT2D eigenvalue weighted by Crippen LogP contribution is 2.50. The fourth-order valence-electron chi connectivity index (χ4n) is 11.5. The van der Waals surface area contributed by atoms with E-state index < -0.39 is 47.6 Å². The van der Waals surface area contributed by atoms with Gasteiger partial charge in [-0.25, -0.2) is 0 Å². The van der Waals surface area contributed by atoms with Crippen LogP contribution in [0.15, 0.2) is 24.3 Å². The van der Waals surface area contributed by atoms with E-state index in [1.54, 1.807) is 0 Å². The quantitative estimate of drug-likeness (QED) is 0.211. The van der Waals surface area contributed by atoms with Gasteiger partial charge < -0.3 is 57.6 Å². The summed E-state index contributed by atoms with van der Waals surface area (Å²) in [5, 5.41) is 22.3. The van der Waals surface area contributed by atoms with E-state index in [9.17, 15) is 10.2 Å². The number of allylic oxidation sites excluding steroid dienone is 2. The fourth-order valence-corrected chi connectivity index (χ4v) is 11.5. The van der Waals surface area contributed by atoms with Crippen LogP contribution in [-0.4, -0.2) is 132 Å². The molecule has 0 aromatic carbocycles. The summed E-state index contributed by atoms with van der Waals surface area (Å²) in [5.74, 6) is -2.08. The van der Waals surface area contributed by atoms with Crippen molar-refractivity contribution >= 4 is 12.3 Å². The summed E-state index contributed by atoms with van der Waals surface area (Å²) >= 11 is 0. The van der Waals surface area contributed by atoms with E-state index in [2.05, 4.69) is 26.0 Å². The Balaban J connectivity index is 0.000000171. The minimum Gasteiger partial charge on any atom is -0.387 e. The highest BCUT2D eigenvalue weighted by Gasteiger charge is 2.62. The van der Waals surface area contributed by atoms with Gasteiger partial charge in [0.2, 0.25) is 0 Å². The molecule has 4 saturated carbocycles. The van der Waals surface area contributed by atoms with Crippen LogP contribution in [0.1, 0.15) is 155 Å². The molecule has 10 fully saturated rings. The number of hydrogen-bond acceptors (Lipinski definition) is 16. The van der Waals surface area contributed by atoms with Crippen LogP contribution in [0.3, 0.4) is 0 Å². The minimum atomic E-state index is -0.775. The van der Waals surface area contributed by atoms with Crippen LogP contribution >= 0.6 is 0 Å². The topological polar surface area (TPSA) is 204 Å². The average Bonchev–Trinajstić information content (AvgIpc) is 3.56. The largest absolute Gasteiger partial charge is 0.387 e. The molecule has 10 rings (SSSR count). The summed E-state index contributed by atoms with van der Waals surface area (Å²) in [5.41, 5.74) is 0. The molecular weight excluding hydrogens is 833 g/mol. The maximum Gasteiger partial charge on any atom is 0.373 e. The van der Waals surface area contributed by atoms with Gasteiger partial charge in [0.1, 0.15) is 73.2 Å². The molecule has 12 atom stereocenters. The van der Waals surface area contributed by atoms with Crippen LogP contribution in [0, 0.1) is 0 Å². The highest BCUT2D eigenvalue weighted by atomic mass is 16.8. The summed E-state index contributed by atoms with van der Waals surface area (Å²) in [7, 11) is 0. The summed E-state index contributed by atoms with van der Waals surface area (Å²) in [6.07, 6.45) is 27.6. The summed E-state index contributed by atoms with van der Waals surface area (Å²) in [6.45, 7) is 5.14. The van der Waals surface area contributed by atoms with Crippen LogP contribution < -0.4 is 0 Å². The van der Waals surface area contributed by atoms with Crippen LogP contribution in [0.2, 0.25) is 0 Å². The molecule has 16 nitrogen and oxygen atoms in total. The van der Waals surface area contributed by atoms with Gasteiger partial charge in [-0.2, -0.15) is 19.2 Å². The average molecular weight is 905 g/mol. The number of aliphatic hydroxyl groups is 2. The molecule has 6 heterocycles. The molecule has 6 aliphatic heterocycles. The van der Waals surface area contributed by atoms with E-state index in [-0.39, 0.29) is 61.1 Å². The van der Waals surface area contributed by atoms with E-state index in [0.717, 1.165) is 116 Å². The summed E-state index contributed by atoms with van der Waals surface area (Å²) < 4.78 is 63.5. The number of hydrogen-bond donors (Lipinski definition) is 2. The smallest absolute Gasteiger partial charge is 0.373 e. The SMILES string of the molecule is CC/C=C/[C@@H]1O[C@@H]([C@H]2COC3(CCCCC3)O2)[C@H]2OC3(CCCCC3)O[C@H]2[C@H]1O.CC/C=C/[C@H]1O[C@@H]1[C@@H]1OC2(CCCCC2)O[C@@H]1[C@@H](O)[C@H]1COC2(CCCCC2)O1.O=C=O.O=C=O. The second kappa shape index (κ2) is 22.7. The Bertz CT molecular complexity index is 1540. The van der Waals surface area contributed by atoms with Crippen molar-refractivity contribution in [2.24, 2.45) is 0 Å². The van der Waals surface area contributed by atoms with Crippen LogP contribution in [0.25, 0.3) is 0 Å². The van der Waals surface area contributed by atoms with Gasteiger partial charge in [0.05, 0.1) is 13.2 Å². The third-order valence-electron chi connectivity index (χ3n) is 14.7. The maximum atomic E-state index is 11.3. The fraction of sp³-hybridized carbons (Fsp3) is 0.875. The molecule has 10 aliphatic rings. The van der Waals surface area contributed by atoms with Gasteiger partial charge in [-0.1, -0.05) is 63.8 Å². The first kappa shape index (κ1) is 49.7. The van der Waals surface area contributed by atoms with Crippen molar-refractivity contribution in [2.75, 3.05) is 13.2 Å². The monoisotopic (exact) mass is 904 g/mol. The van der Waals surface area contributed by atoms with Crippen molar-refractivity contribution in [3.63, 3.8) is 0 Å². The predicted molar refractivity (Wildman–Crippen MR) is 223 cm³/mol. The lowest BCUT2D eigenvalue weighted by atomic mass is 9.91. The standard InChI is InChI=1S/2C23H36O6.2CO2/c1-2-3-10-16-19(26-16)21-20(28-23(29-21)13-8-5-9-14-23)18(24)17-15-25-22(27-17)11-6-4-7-12-22;1-2-3-10-16-18(24)20-21(29-23(28-20)13-8-5-9-14-23)19(26-16)17-15-25-22(27-17)11-6-4-7-12-22;2*2-1-3/h2*3,10,16-21,24H,2,4-9,11-15H2,1H3;;/b2*10-3+;;/t16-,17-,18+,19+,20-,21+;16-,17+,18-,19-,20-,21+;;/m10../s1. The van der Waals surface area contributed by atoms with Gasteiger partial charge >= 0.3 is 12.3 Å². The van der Waals surface area contributed by atoms with Gasteiger partial charge in [-0.15, -0.1) is 0 Å². The Labute approximate surface area is 377 Å². The number of rotatable bonds is 8. The minimum absolute atomic E-state index is 0.0512. The highest BCUT2D eigenvalue weighted by molar-refractivity contribution is 5.20. The molecule has 4 spiro atoms. The van der Waals surface area contributed by atoms with Gasteiger partial charge in [0.15, 0.2) is 23.1 Å². The van der Waals surface area contributed by atoms with Crippen molar-refractivity contribution in [2.45, 2.75) is 252 Å². The lowest BCUT2D eigenvalue weighted by Gasteiger charge is -2.41. The lowest BCUT2D eigenvalue weighted by Crippen LogP contribution is -2.59. The Morgan fingerprint density at radius 3 is 1.50 bits per heavy atom. The van der Waals surface area contributed by atoms with Gasteiger partial charge in [0.25, 0.3) is 0 Å². The molecular formula is C48H72O16. The van der Waals surface area contributed by atoms with Crippen molar-refractivity contribution in [3.8, 4) is 0 Å². The molecule has 0 unspecified atom stereocenters. The molecule has 6 saturated heterocycles. The zero-order valence-electron chi connectivity index (χ0n) is 37.8. The molecule has 64 heavy (non-hydrogen) atoms. The predicted octanol–water partition coefficient (Wildman–Crippen LogP) is 6.04. The van der Waals surface area contributed by atoms with Crippen LogP contribution in [0.5, 0.6) is 0 Å². The first-order valence-electron chi connectivity index (χ1n) is 24.4. The number of ether oxygens (including phenoxy) is 10. The van der Waals surface area contributed by atoms with E-state index in [4.69, 9.17) is 66.5 Å². The van der Waals surface area contributed by atoms with Gasteiger partial charge in [0, 0.05) is 51.4 Å². The van der Waals surface area contributed by atoms with Crippen molar-refractivity contribution in [1.29, 1.82) is 0 Å². The van der Waals surface area contributed by atoms with Crippen molar-refractivity contribution in [1.82, 2.24) is 0 Å². The van der Waals surface area contributed by atoms with Gasteiger partial charge in [-0.05, 0) is 64.2 Å². The Kier molecular flexibility index (Phi) is 17.6. The molecule has 0 amide bonds. The molecule has 0 aromatic heterocycles. The van der Waals surface area contributed by atoms with Gasteiger partial charge in [-0.3, -0.25) is 0 Å².